The van der Waals surface area contributed by atoms with Gasteiger partial charge >= 0.3 is 5.97 Å². The van der Waals surface area contributed by atoms with Gasteiger partial charge in [0.1, 0.15) is 6.54 Å². The smallest absolute Gasteiger partial charge is 0.323 e. The molecule has 0 saturated heterocycles. The number of rotatable bonds is 19. The second-order valence-corrected chi connectivity index (χ2v) is 7.56. The van der Waals surface area contributed by atoms with Crippen molar-refractivity contribution in [1.82, 2.24) is 4.90 Å². The molecule has 0 aliphatic heterocycles. The molecule has 0 aliphatic rings. The fraction of sp³-hybridized carbons (Fsp3) is 0.909. The van der Waals surface area contributed by atoms with Crippen molar-refractivity contribution < 1.29 is 14.7 Å². The Morgan fingerprint density at radius 3 is 1.50 bits per heavy atom. The monoisotopic (exact) mass is 369 g/mol. The first-order valence-electron chi connectivity index (χ1n) is 11.1. The lowest BCUT2D eigenvalue weighted by atomic mass is 10.0. The standard InChI is InChI=1S/C22H43NO3/c1-3-5-7-8-9-10-11-12-13-14-15-16-17-18-21(24)23(19-6-4-2)20-22(25)26/h3-20H2,1-2H3,(H,25,26). The second-order valence-electron chi connectivity index (χ2n) is 7.56. The van der Waals surface area contributed by atoms with Crippen molar-refractivity contribution in [2.24, 2.45) is 0 Å². The molecule has 1 N–H and O–H groups in total. The molecule has 0 atom stereocenters. The molecule has 0 aromatic heterocycles. The third-order valence-corrected chi connectivity index (χ3v) is 4.95. The molecule has 0 aromatic rings. The lowest BCUT2D eigenvalue weighted by Crippen LogP contribution is -2.36. The third-order valence-electron chi connectivity index (χ3n) is 4.95. The van der Waals surface area contributed by atoms with Crippen molar-refractivity contribution in [3.63, 3.8) is 0 Å². The molecule has 0 unspecified atom stereocenters. The fourth-order valence-electron chi connectivity index (χ4n) is 3.26. The number of hydrogen-bond donors (Lipinski definition) is 1. The van der Waals surface area contributed by atoms with Crippen LogP contribution in [0.2, 0.25) is 0 Å². The lowest BCUT2D eigenvalue weighted by Gasteiger charge is -2.20. The van der Waals surface area contributed by atoms with Gasteiger partial charge < -0.3 is 10.0 Å². The predicted molar refractivity (Wildman–Crippen MR) is 109 cm³/mol. The Balaban J connectivity index is 3.51. The largest absolute Gasteiger partial charge is 0.480 e. The maximum atomic E-state index is 12.1. The van der Waals surface area contributed by atoms with Crippen LogP contribution in [0.4, 0.5) is 0 Å². The molecule has 4 heteroatoms. The van der Waals surface area contributed by atoms with E-state index < -0.39 is 5.97 Å². The summed E-state index contributed by atoms with van der Waals surface area (Å²) in [5.74, 6) is -0.913. The first-order valence-corrected chi connectivity index (χ1v) is 11.1. The Hall–Kier alpha value is -1.06. The van der Waals surface area contributed by atoms with Gasteiger partial charge in [-0.3, -0.25) is 9.59 Å². The Kier molecular flexibility index (Phi) is 18.0. The summed E-state index contributed by atoms with van der Waals surface area (Å²) in [6, 6.07) is 0. The first-order chi connectivity index (χ1) is 12.6. The molecule has 1 amide bonds. The molecule has 154 valence electrons. The molecule has 0 radical (unpaired) electrons. The van der Waals surface area contributed by atoms with E-state index in [2.05, 4.69) is 13.8 Å². The molecule has 4 nitrogen and oxygen atoms in total. The number of hydrogen-bond acceptors (Lipinski definition) is 2. The molecule has 0 spiro atoms. The number of carbonyl (C=O) groups is 2. The van der Waals surface area contributed by atoms with Crippen LogP contribution >= 0.6 is 0 Å². The highest BCUT2D eigenvalue weighted by Gasteiger charge is 2.15. The highest BCUT2D eigenvalue weighted by molar-refractivity contribution is 5.81. The summed E-state index contributed by atoms with van der Waals surface area (Å²) < 4.78 is 0. The molecule has 0 rings (SSSR count). The van der Waals surface area contributed by atoms with Crippen LogP contribution in [0, 0.1) is 0 Å². The number of carboxylic acid groups (broad SMARTS) is 1. The molecule has 0 bridgehead atoms. The summed E-state index contributed by atoms with van der Waals surface area (Å²) in [5, 5.41) is 8.92. The molecule has 0 heterocycles. The van der Waals surface area contributed by atoms with Gasteiger partial charge in [-0.1, -0.05) is 97.3 Å². The summed E-state index contributed by atoms with van der Waals surface area (Å²) in [7, 11) is 0. The van der Waals surface area contributed by atoms with Gasteiger partial charge in [-0.15, -0.1) is 0 Å². The van der Waals surface area contributed by atoms with Crippen molar-refractivity contribution in [1.29, 1.82) is 0 Å². The number of nitrogens with zero attached hydrogens (tertiary/aromatic N) is 1. The number of unbranched alkanes of at least 4 members (excludes halogenated alkanes) is 13. The van der Waals surface area contributed by atoms with Crippen molar-refractivity contribution in [3.05, 3.63) is 0 Å². The minimum Gasteiger partial charge on any atom is -0.480 e. The molecule has 0 aliphatic carbocycles. The summed E-state index contributed by atoms with van der Waals surface area (Å²) in [6.07, 6.45) is 19.1. The van der Waals surface area contributed by atoms with Gasteiger partial charge in [0.25, 0.3) is 0 Å². The summed E-state index contributed by atoms with van der Waals surface area (Å²) in [5.41, 5.74) is 0. The highest BCUT2D eigenvalue weighted by atomic mass is 16.4. The molecular formula is C22H43NO3. The van der Waals surface area contributed by atoms with Gasteiger partial charge in [-0.25, -0.2) is 0 Å². The Bertz CT molecular complexity index is 344. The number of amides is 1. The van der Waals surface area contributed by atoms with E-state index in [1.165, 1.54) is 75.5 Å². The first kappa shape index (κ1) is 24.9. The minimum absolute atomic E-state index is 0.00363. The van der Waals surface area contributed by atoms with E-state index in [0.717, 1.165) is 25.7 Å². The minimum atomic E-state index is -0.917. The maximum absolute atomic E-state index is 12.1. The van der Waals surface area contributed by atoms with Gasteiger partial charge in [0.2, 0.25) is 5.91 Å². The van der Waals surface area contributed by atoms with E-state index in [4.69, 9.17) is 5.11 Å². The van der Waals surface area contributed by atoms with E-state index in [1.54, 1.807) is 0 Å². The van der Waals surface area contributed by atoms with Crippen molar-refractivity contribution in [2.45, 2.75) is 117 Å². The second kappa shape index (κ2) is 18.7. The van der Waals surface area contributed by atoms with Gasteiger partial charge in [0.05, 0.1) is 0 Å². The van der Waals surface area contributed by atoms with Gasteiger partial charge in [-0.05, 0) is 12.8 Å². The van der Waals surface area contributed by atoms with E-state index >= 15 is 0 Å². The maximum Gasteiger partial charge on any atom is 0.323 e. The topological polar surface area (TPSA) is 57.6 Å². The quantitative estimate of drug-likeness (QED) is 0.276. The van der Waals surface area contributed by atoms with Crippen LogP contribution < -0.4 is 0 Å². The zero-order chi connectivity index (χ0) is 19.5. The molecular weight excluding hydrogens is 326 g/mol. The average Bonchev–Trinajstić information content (AvgIpc) is 2.62. The van der Waals surface area contributed by atoms with Crippen molar-refractivity contribution in [2.75, 3.05) is 13.1 Å². The summed E-state index contributed by atoms with van der Waals surface area (Å²) in [4.78, 5) is 24.5. The zero-order valence-corrected chi connectivity index (χ0v) is 17.4. The number of carbonyl (C=O) groups excluding carboxylic acids is 1. The van der Waals surface area contributed by atoms with Gasteiger partial charge in [0, 0.05) is 13.0 Å². The Morgan fingerprint density at radius 2 is 1.08 bits per heavy atom. The van der Waals surface area contributed by atoms with Crippen LogP contribution in [0.5, 0.6) is 0 Å². The van der Waals surface area contributed by atoms with E-state index in [0.29, 0.717) is 13.0 Å². The van der Waals surface area contributed by atoms with Crippen LogP contribution in [-0.2, 0) is 9.59 Å². The van der Waals surface area contributed by atoms with Crippen LogP contribution in [0.25, 0.3) is 0 Å². The van der Waals surface area contributed by atoms with Crippen LogP contribution in [0.1, 0.15) is 117 Å². The van der Waals surface area contributed by atoms with Gasteiger partial charge in [0.15, 0.2) is 0 Å². The number of carboxylic acids is 1. The van der Waals surface area contributed by atoms with Crippen LogP contribution in [0.15, 0.2) is 0 Å². The fourth-order valence-corrected chi connectivity index (χ4v) is 3.26. The Labute approximate surface area is 161 Å². The lowest BCUT2D eigenvalue weighted by molar-refractivity contribution is -0.144. The Morgan fingerprint density at radius 1 is 0.654 bits per heavy atom. The normalized spacial score (nSPS) is 10.8. The zero-order valence-electron chi connectivity index (χ0n) is 17.4. The molecule has 26 heavy (non-hydrogen) atoms. The van der Waals surface area contributed by atoms with Gasteiger partial charge in [-0.2, -0.15) is 0 Å². The number of aliphatic carboxylic acids is 1. The van der Waals surface area contributed by atoms with E-state index in [9.17, 15) is 9.59 Å². The third kappa shape index (κ3) is 16.4. The van der Waals surface area contributed by atoms with Crippen molar-refractivity contribution in [3.8, 4) is 0 Å². The average molecular weight is 370 g/mol. The SMILES string of the molecule is CCCCCCCCCCCCCCCC(=O)N(CCCC)CC(=O)O. The van der Waals surface area contributed by atoms with Crippen LogP contribution in [-0.4, -0.2) is 35.0 Å². The summed E-state index contributed by atoms with van der Waals surface area (Å²) in [6.45, 7) is 4.72. The summed E-state index contributed by atoms with van der Waals surface area (Å²) >= 11 is 0. The van der Waals surface area contributed by atoms with E-state index in [1.807, 2.05) is 0 Å². The molecule has 0 saturated carbocycles. The van der Waals surface area contributed by atoms with E-state index in [-0.39, 0.29) is 12.5 Å². The predicted octanol–water partition coefficient (Wildman–Crippen LogP) is 6.18. The van der Waals surface area contributed by atoms with Crippen molar-refractivity contribution >= 4 is 11.9 Å². The highest BCUT2D eigenvalue weighted by Crippen LogP contribution is 2.13. The molecule has 0 fully saturated rings. The van der Waals surface area contributed by atoms with Crippen LogP contribution in [0.3, 0.4) is 0 Å². The molecule has 0 aromatic carbocycles.